The summed E-state index contributed by atoms with van der Waals surface area (Å²) >= 11 is 0. The van der Waals surface area contributed by atoms with Gasteiger partial charge in [-0.1, -0.05) is 44.2 Å². The van der Waals surface area contributed by atoms with Gasteiger partial charge in [0.15, 0.2) is 0 Å². The third-order valence-corrected chi connectivity index (χ3v) is 3.89. The number of hydrogen-bond donors (Lipinski definition) is 5. The van der Waals surface area contributed by atoms with Crippen LogP contribution in [0, 0.1) is 5.92 Å². The van der Waals surface area contributed by atoms with Gasteiger partial charge in [0, 0.05) is 6.42 Å². The summed E-state index contributed by atoms with van der Waals surface area (Å²) in [6.07, 6.45) is 0.237. The van der Waals surface area contributed by atoms with Gasteiger partial charge < -0.3 is 20.2 Å². The molecule has 1 aromatic rings. The number of benzene rings is 1. The molecule has 134 valence electrons. The average molecular weight is 358 g/mol. The first-order chi connectivity index (χ1) is 11.1. The van der Waals surface area contributed by atoms with Crippen LogP contribution in [0.25, 0.3) is 0 Å². The van der Waals surface area contributed by atoms with E-state index in [2.05, 4.69) is 5.32 Å². The van der Waals surface area contributed by atoms with Gasteiger partial charge in [-0.2, -0.15) is 0 Å². The summed E-state index contributed by atoms with van der Waals surface area (Å²) in [5.41, 5.74) is 0.730. The van der Waals surface area contributed by atoms with Gasteiger partial charge in [0.05, 0.1) is 6.04 Å². The molecule has 1 aromatic carbocycles. The fourth-order valence-electron chi connectivity index (χ4n) is 2.21. The van der Waals surface area contributed by atoms with E-state index in [-0.39, 0.29) is 18.8 Å². The van der Waals surface area contributed by atoms with E-state index in [1.807, 2.05) is 5.09 Å². The standard InChI is InChI=1S/C15H23N2O6P/c1-10(2)8-12(17-24(21,22)23)14(18)16-13(15(19)20)9-11-6-4-3-5-7-11/h3-7,10,12-13H,8-9H2,1-2H3,(H,16,18)(H,19,20)(H3,17,21,22,23). The lowest BCUT2D eigenvalue weighted by Crippen LogP contribution is -2.50. The van der Waals surface area contributed by atoms with E-state index in [1.54, 1.807) is 44.2 Å². The Bertz CT molecular complexity index is 601. The van der Waals surface area contributed by atoms with E-state index < -0.39 is 31.7 Å². The SMILES string of the molecule is CC(C)CC(NP(=O)(O)O)C(=O)NC(Cc1ccccc1)C(=O)O. The number of aliphatic carboxylic acids is 1. The largest absolute Gasteiger partial charge is 0.480 e. The van der Waals surface area contributed by atoms with Crippen molar-refractivity contribution >= 4 is 19.6 Å². The monoisotopic (exact) mass is 358 g/mol. The molecule has 0 aliphatic carbocycles. The second-order valence-electron chi connectivity index (χ2n) is 5.94. The van der Waals surface area contributed by atoms with Crippen LogP contribution in [0.1, 0.15) is 25.8 Å². The Morgan fingerprint density at radius 2 is 1.71 bits per heavy atom. The maximum absolute atomic E-state index is 12.3. The Morgan fingerprint density at radius 3 is 2.17 bits per heavy atom. The van der Waals surface area contributed by atoms with Crippen LogP contribution in [-0.4, -0.2) is 38.9 Å². The van der Waals surface area contributed by atoms with Crippen molar-refractivity contribution in [1.82, 2.24) is 10.4 Å². The van der Waals surface area contributed by atoms with Crippen LogP contribution in [0.2, 0.25) is 0 Å². The molecular formula is C15H23N2O6P. The molecule has 0 aromatic heterocycles. The minimum atomic E-state index is -4.62. The first kappa shape index (κ1) is 20.3. The first-order valence-electron chi connectivity index (χ1n) is 7.49. The number of hydrogen-bond acceptors (Lipinski definition) is 3. The fourth-order valence-corrected chi connectivity index (χ4v) is 2.84. The van der Waals surface area contributed by atoms with Crippen LogP contribution in [-0.2, 0) is 20.6 Å². The van der Waals surface area contributed by atoms with E-state index in [0.717, 1.165) is 5.56 Å². The van der Waals surface area contributed by atoms with Crippen LogP contribution < -0.4 is 10.4 Å². The summed E-state index contributed by atoms with van der Waals surface area (Å²) in [5.74, 6) is -1.99. The van der Waals surface area contributed by atoms with Gasteiger partial charge in [-0.25, -0.2) is 14.4 Å². The molecule has 0 radical (unpaired) electrons. The van der Waals surface area contributed by atoms with Crippen molar-refractivity contribution < 1.29 is 29.0 Å². The number of nitrogens with one attached hydrogen (secondary N) is 2. The van der Waals surface area contributed by atoms with Gasteiger partial charge in [0.1, 0.15) is 6.04 Å². The number of carbonyl (C=O) groups excluding carboxylic acids is 1. The highest BCUT2D eigenvalue weighted by molar-refractivity contribution is 7.49. The molecule has 0 heterocycles. The minimum Gasteiger partial charge on any atom is -0.480 e. The maximum atomic E-state index is 12.3. The molecule has 0 saturated carbocycles. The first-order valence-corrected chi connectivity index (χ1v) is 9.10. The van der Waals surface area contributed by atoms with Crippen LogP contribution in [0.3, 0.4) is 0 Å². The summed E-state index contributed by atoms with van der Waals surface area (Å²) in [4.78, 5) is 41.7. The molecule has 9 heteroatoms. The summed E-state index contributed by atoms with van der Waals surface area (Å²) in [6, 6.07) is 6.42. The third-order valence-electron chi connectivity index (χ3n) is 3.24. The van der Waals surface area contributed by atoms with Crippen molar-refractivity contribution in [3.63, 3.8) is 0 Å². The second kappa shape index (κ2) is 8.94. The van der Waals surface area contributed by atoms with E-state index in [1.165, 1.54) is 0 Å². The van der Waals surface area contributed by atoms with Crippen molar-refractivity contribution in [3.8, 4) is 0 Å². The molecule has 1 amide bonds. The molecule has 0 bridgehead atoms. The van der Waals surface area contributed by atoms with Crippen molar-refractivity contribution in [3.05, 3.63) is 35.9 Å². The highest BCUT2D eigenvalue weighted by Crippen LogP contribution is 2.30. The Morgan fingerprint density at radius 1 is 1.12 bits per heavy atom. The molecule has 0 fully saturated rings. The molecule has 0 aliphatic rings. The molecular weight excluding hydrogens is 335 g/mol. The smallest absolute Gasteiger partial charge is 0.401 e. The van der Waals surface area contributed by atoms with Gasteiger partial charge in [-0.15, -0.1) is 0 Å². The summed E-state index contributed by atoms with van der Waals surface area (Å²) < 4.78 is 11.1. The predicted molar refractivity (Wildman–Crippen MR) is 88.1 cm³/mol. The third kappa shape index (κ3) is 7.70. The lowest BCUT2D eigenvalue weighted by atomic mass is 10.0. The zero-order valence-corrected chi connectivity index (χ0v) is 14.4. The van der Waals surface area contributed by atoms with E-state index in [9.17, 15) is 19.3 Å². The Hall–Kier alpha value is -1.73. The number of carboxylic acid groups (broad SMARTS) is 1. The lowest BCUT2D eigenvalue weighted by Gasteiger charge is -2.23. The van der Waals surface area contributed by atoms with Gasteiger partial charge in [-0.05, 0) is 17.9 Å². The number of rotatable bonds is 9. The number of amides is 1. The topological polar surface area (TPSA) is 136 Å². The van der Waals surface area contributed by atoms with Crippen molar-refractivity contribution in [2.24, 2.45) is 5.92 Å². The lowest BCUT2D eigenvalue weighted by molar-refractivity contribution is -0.142. The molecule has 24 heavy (non-hydrogen) atoms. The number of carbonyl (C=O) groups is 2. The van der Waals surface area contributed by atoms with Crippen molar-refractivity contribution in [2.75, 3.05) is 0 Å². The Labute approximate surface area is 140 Å². The summed E-state index contributed by atoms with van der Waals surface area (Å²) in [7, 11) is -4.62. The molecule has 0 spiro atoms. The van der Waals surface area contributed by atoms with Gasteiger partial charge in [0.2, 0.25) is 5.91 Å². The summed E-state index contributed by atoms with van der Waals surface area (Å²) in [6.45, 7) is 3.58. The normalized spacial score (nSPS) is 14.2. The number of carboxylic acids is 1. The molecule has 0 saturated heterocycles. The molecule has 5 N–H and O–H groups in total. The average Bonchev–Trinajstić information content (AvgIpc) is 2.44. The summed E-state index contributed by atoms with van der Waals surface area (Å²) in [5, 5.41) is 13.6. The molecule has 0 aliphatic heterocycles. The predicted octanol–water partition coefficient (Wildman–Crippen LogP) is 0.895. The van der Waals surface area contributed by atoms with Crippen LogP contribution in [0.5, 0.6) is 0 Å². The van der Waals surface area contributed by atoms with E-state index in [4.69, 9.17) is 9.79 Å². The zero-order chi connectivity index (χ0) is 18.3. The van der Waals surface area contributed by atoms with Gasteiger partial charge in [0.25, 0.3) is 0 Å². The minimum absolute atomic E-state index is 0.0165. The quantitative estimate of drug-likeness (QED) is 0.414. The second-order valence-corrected chi connectivity index (χ2v) is 7.29. The van der Waals surface area contributed by atoms with Gasteiger partial charge >= 0.3 is 13.7 Å². The van der Waals surface area contributed by atoms with Crippen LogP contribution in [0.15, 0.2) is 30.3 Å². The Kier molecular flexibility index (Phi) is 7.57. The molecule has 2 atom stereocenters. The van der Waals surface area contributed by atoms with E-state index in [0.29, 0.717) is 0 Å². The van der Waals surface area contributed by atoms with Crippen LogP contribution in [0.4, 0.5) is 0 Å². The fraction of sp³-hybridized carbons (Fsp3) is 0.467. The maximum Gasteiger partial charge on any atom is 0.401 e. The van der Waals surface area contributed by atoms with Gasteiger partial charge in [-0.3, -0.25) is 4.79 Å². The van der Waals surface area contributed by atoms with Crippen LogP contribution >= 0.6 is 7.75 Å². The Balaban J connectivity index is 2.83. The van der Waals surface area contributed by atoms with Crippen molar-refractivity contribution in [1.29, 1.82) is 0 Å². The molecule has 8 nitrogen and oxygen atoms in total. The zero-order valence-electron chi connectivity index (χ0n) is 13.5. The highest BCUT2D eigenvalue weighted by atomic mass is 31.2. The van der Waals surface area contributed by atoms with E-state index >= 15 is 0 Å². The highest BCUT2D eigenvalue weighted by Gasteiger charge is 2.30. The molecule has 2 unspecified atom stereocenters. The van der Waals surface area contributed by atoms with Crippen molar-refractivity contribution in [2.45, 2.75) is 38.8 Å². The molecule has 1 rings (SSSR count).